The van der Waals surface area contributed by atoms with Gasteiger partial charge in [-0.2, -0.15) is 0 Å². The summed E-state index contributed by atoms with van der Waals surface area (Å²) in [5.74, 6) is 5.75. The Bertz CT molecular complexity index is 5680. The number of fused-ring (bicyclic) bond motifs is 4. The van der Waals surface area contributed by atoms with Gasteiger partial charge in [-0.3, -0.25) is 34.2 Å². The lowest BCUT2D eigenvalue weighted by Crippen LogP contribution is -2.36. The summed E-state index contributed by atoms with van der Waals surface area (Å²) in [6.45, 7) is 24.8. The number of ether oxygens (including phenoxy) is 4. The summed E-state index contributed by atoms with van der Waals surface area (Å²) in [6.07, 6.45) is 19.8. The number of hydrogen-bond donors (Lipinski definition) is 10. The molecule has 8 aromatic carbocycles. The van der Waals surface area contributed by atoms with Crippen LogP contribution in [-0.4, -0.2) is 136 Å². The van der Waals surface area contributed by atoms with Crippen LogP contribution < -0.4 is 29.7 Å². The van der Waals surface area contributed by atoms with E-state index in [1.54, 1.807) is 58.2 Å². The number of hydrogen-bond acceptors (Lipinski definition) is 15. The molecule has 4 fully saturated rings. The third kappa shape index (κ3) is 20.0. The molecule has 0 radical (unpaired) electrons. The average Bonchev–Trinajstić information content (AvgIpc) is 1.67. The Morgan fingerprint density at radius 2 is 0.667 bits per heavy atom. The van der Waals surface area contributed by atoms with Crippen LogP contribution in [0.5, 0.6) is 23.0 Å². The lowest BCUT2D eigenvalue weighted by molar-refractivity contribution is 0.0706. The highest BCUT2D eigenvalue weighted by Gasteiger charge is 2.35. The zero-order chi connectivity index (χ0) is 85.6. The monoisotopic (exact) mass is 1690 g/mol. The van der Waals surface area contributed by atoms with E-state index in [1.807, 2.05) is 73.3 Å². The predicted molar refractivity (Wildman–Crippen MR) is 481 cm³/mol. The molecular formula is C95H120N11O11PS2. The van der Waals surface area contributed by atoms with Crippen LogP contribution in [0.25, 0.3) is 43.6 Å². The predicted octanol–water partition coefficient (Wildman–Crippen LogP) is 19.8. The van der Waals surface area contributed by atoms with Crippen LogP contribution in [0.15, 0.2) is 180 Å². The van der Waals surface area contributed by atoms with Crippen LogP contribution in [-0.2, 0) is 50.2 Å². The number of aryl methyl sites for hydroxylation is 4. The fourth-order valence-electron chi connectivity index (χ4n) is 18.6. The van der Waals surface area contributed by atoms with Crippen LogP contribution in [0.4, 0.5) is 0 Å². The highest BCUT2D eigenvalue weighted by atomic mass is 32.2. The fraction of sp³-hybridized carbons (Fsp3) is 0.400. The number of methoxy groups -OCH3 is 4. The summed E-state index contributed by atoms with van der Waals surface area (Å²) in [7, 11) is -2.67. The number of carbonyl (C=O) groups excluding carboxylic acids is 1. The first-order valence-corrected chi connectivity index (χ1v) is 47.3. The molecule has 638 valence electrons. The first-order valence-electron chi connectivity index (χ1n) is 41.7. The summed E-state index contributed by atoms with van der Waals surface area (Å²) in [4.78, 5) is 55.2. The summed E-state index contributed by atoms with van der Waals surface area (Å²) < 4.78 is 74.4. The van der Waals surface area contributed by atoms with Gasteiger partial charge < -0.3 is 48.7 Å². The molecule has 4 aromatic heterocycles. The molecule has 1 amide bonds. The number of aromatic amines is 4. The van der Waals surface area contributed by atoms with Crippen LogP contribution in [0.3, 0.4) is 0 Å². The number of hydroxylamine groups is 1. The number of H-pyrrole nitrogens is 4. The number of nitrogens with one attached hydrogen (secondary N) is 7. The molecule has 10 N–H and O–H groups in total. The summed E-state index contributed by atoms with van der Waals surface area (Å²) in [5, 5.41) is 13.8. The van der Waals surface area contributed by atoms with Gasteiger partial charge in [0.2, 0.25) is 0 Å². The molecule has 4 aliphatic heterocycles. The van der Waals surface area contributed by atoms with Gasteiger partial charge in [-0.25, -0.2) is 23.5 Å². The highest BCUT2D eigenvalue weighted by molar-refractivity contribution is 7.92. The van der Waals surface area contributed by atoms with E-state index in [0.717, 1.165) is 136 Å². The van der Waals surface area contributed by atoms with E-state index in [4.69, 9.17) is 33.7 Å². The quantitative estimate of drug-likeness (QED) is 0.0193. The zero-order valence-corrected chi connectivity index (χ0v) is 74.3. The van der Waals surface area contributed by atoms with Crippen LogP contribution >= 0.6 is 7.60 Å². The van der Waals surface area contributed by atoms with Gasteiger partial charge in [-0.1, -0.05) is 76.2 Å². The minimum absolute atomic E-state index is 0.0656. The van der Waals surface area contributed by atoms with Crippen molar-refractivity contribution in [3.05, 3.63) is 243 Å². The van der Waals surface area contributed by atoms with Crippen LogP contribution in [0.2, 0.25) is 0 Å². The van der Waals surface area contributed by atoms with Crippen molar-refractivity contribution >= 4 is 81.9 Å². The van der Waals surface area contributed by atoms with E-state index >= 15 is 0 Å². The number of piperidine rings is 4. The Hall–Kier alpha value is -9.56. The van der Waals surface area contributed by atoms with Crippen molar-refractivity contribution in [2.24, 2.45) is 23.7 Å². The third-order valence-corrected chi connectivity index (χ3v) is 28.7. The normalized spacial score (nSPS) is 21.1. The molecule has 8 unspecified atom stereocenters. The largest absolute Gasteiger partial charge is 0.496 e. The lowest BCUT2D eigenvalue weighted by Gasteiger charge is -2.39. The van der Waals surface area contributed by atoms with Gasteiger partial charge in [-0.05, 0) is 270 Å². The fourth-order valence-corrected chi connectivity index (χ4v) is 20.4. The van der Waals surface area contributed by atoms with Gasteiger partial charge in [0.05, 0.1) is 53.2 Å². The Kier molecular flexibility index (Phi) is 27.8. The van der Waals surface area contributed by atoms with E-state index in [9.17, 15) is 27.6 Å². The van der Waals surface area contributed by atoms with Gasteiger partial charge in [0.1, 0.15) is 23.0 Å². The maximum absolute atomic E-state index is 12.1. The second-order valence-electron chi connectivity index (χ2n) is 34.0. The molecule has 16 rings (SSSR count). The first kappa shape index (κ1) is 88.2. The standard InChI is InChI=1S/C24H29N3O3.2C24H31N3O2S.C23H29N2O4P/c1-15-9-11-27(21(12-15)17-4-6-18(7-5-17)24(28)26-29)14-20-19-8-10-25-23(19)16(2)13-22(20)30-3;2*1-16-10-12-27(22(13-16)18-5-7-19(8-6-18)30(4,25)28)15-21-20-9-11-26-24(20)17(2)14-23(21)29-3;1-15-9-11-25(21(12-15)17-4-6-18(7-5-17)30(26,27)28)14-20-19-8-10-24-23(19)16(2)13-22(20)29-3/h4-8,10,13,15,21,25,29H,9,11-12,14H2,1-3H3,(H,26,28);2*5-9,11,14,16,22,25-26H,10,12-13,15H2,1-4H3;4-8,10,13,15,21,24H,9,11-12,14H2,1-3H3,(H2,26,27,28)/t;16-,22+,30?;;/m.1../s1. The van der Waals surface area contributed by atoms with E-state index in [1.165, 1.54) is 114 Å². The minimum Gasteiger partial charge on any atom is -0.496 e. The molecule has 120 heavy (non-hydrogen) atoms. The van der Waals surface area contributed by atoms with Crippen molar-refractivity contribution in [3.63, 3.8) is 0 Å². The molecule has 4 saturated heterocycles. The Balaban J connectivity index is 0.000000138. The Morgan fingerprint density at radius 1 is 0.425 bits per heavy atom. The number of nitrogens with zero attached hydrogens (tertiary/aromatic N) is 4. The molecule has 0 bridgehead atoms. The summed E-state index contributed by atoms with van der Waals surface area (Å²) in [6, 6.07) is 48.1. The van der Waals surface area contributed by atoms with Gasteiger partial charge >= 0.3 is 7.60 Å². The van der Waals surface area contributed by atoms with Crippen molar-refractivity contribution < 1.29 is 51.7 Å². The number of carbonyl (C=O) groups is 1. The average molecular weight is 1690 g/mol. The molecule has 22 nitrogen and oxygen atoms in total. The first-order chi connectivity index (χ1) is 57.3. The van der Waals surface area contributed by atoms with Crippen LogP contribution in [0.1, 0.15) is 180 Å². The molecule has 10 atom stereocenters. The number of amides is 1. The van der Waals surface area contributed by atoms with Crippen molar-refractivity contribution in [1.29, 1.82) is 9.56 Å². The molecule has 0 saturated carbocycles. The maximum Gasteiger partial charge on any atom is 0.356 e. The van der Waals surface area contributed by atoms with Crippen molar-refractivity contribution in [2.75, 3.05) is 67.1 Å². The number of likely N-dealkylation sites (tertiary alicyclic amines) is 4. The van der Waals surface area contributed by atoms with E-state index < -0.39 is 33.0 Å². The smallest absolute Gasteiger partial charge is 0.356 e. The second-order valence-corrected chi connectivity index (χ2v) is 40.0. The summed E-state index contributed by atoms with van der Waals surface area (Å²) in [5.41, 5.74) is 21.1. The molecular weight excluding hydrogens is 1570 g/mol. The lowest BCUT2D eigenvalue weighted by atomic mass is 9.87. The molecule has 8 heterocycles. The number of rotatable bonds is 20. The number of benzene rings is 8. The molecule has 0 spiro atoms. The maximum atomic E-state index is 12.1. The molecule has 12 aromatic rings. The molecule has 0 aliphatic carbocycles. The van der Waals surface area contributed by atoms with Crippen molar-refractivity contribution in [3.8, 4) is 23.0 Å². The second kappa shape index (κ2) is 37.8. The SMILES string of the molecule is COc1cc(C)c2[nH]ccc2c1CN1CCC(C)CC1c1ccc(C(=O)NO)cc1.COc1cc(C)c2[nH]ccc2c1CN1CCC(C)CC1c1ccc(P(=O)(O)O)cc1.COc1cc(C)c2[nH]ccc2c1CN1CCC(C)CC1c1ccc(S(C)(=N)=O)cc1.COc1cc(C)c2[nH]ccc2c1CN1CC[C@@H](C)C[C@H]1c1ccc(S(C)(=N)=O)cc1. The van der Waals surface area contributed by atoms with E-state index in [2.05, 4.69) is 168 Å². The Labute approximate surface area is 707 Å². The highest BCUT2D eigenvalue weighted by Crippen LogP contribution is 2.45. The zero-order valence-electron chi connectivity index (χ0n) is 71.8. The summed E-state index contributed by atoms with van der Waals surface area (Å²) >= 11 is 0. The molecule has 25 heteroatoms. The third-order valence-electron chi connectivity index (χ3n) is 25.4. The Morgan fingerprint density at radius 3 is 0.892 bits per heavy atom. The van der Waals surface area contributed by atoms with Gasteiger partial charge in [-0.15, -0.1) is 0 Å². The van der Waals surface area contributed by atoms with E-state index in [-0.39, 0.29) is 17.4 Å². The van der Waals surface area contributed by atoms with Gasteiger partial charge in [0.15, 0.2) is 0 Å². The topological polar surface area (TPSA) is 302 Å². The van der Waals surface area contributed by atoms with E-state index in [0.29, 0.717) is 51.1 Å². The van der Waals surface area contributed by atoms with Gasteiger partial charge in [0, 0.05) is 169 Å². The molecule has 4 aliphatic rings. The van der Waals surface area contributed by atoms with Crippen molar-refractivity contribution in [1.82, 2.24) is 45.0 Å². The number of aromatic nitrogens is 4. The van der Waals surface area contributed by atoms with Crippen molar-refractivity contribution in [2.45, 2.75) is 167 Å². The van der Waals surface area contributed by atoms with Gasteiger partial charge in [0.25, 0.3) is 5.91 Å². The van der Waals surface area contributed by atoms with Crippen LogP contribution in [0, 0.1) is 60.9 Å². The minimum atomic E-state index is -4.23.